The van der Waals surface area contributed by atoms with E-state index in [1.165, 1.54) is 9.80 Å². The van der Waals surface area contributed by atoms with Gasteiger partial charge in [0.25, 0.3) is 11.8 Å². The summed E-state index contributed by atoms with van der Waals surface area (Å²) >= 11 is 0. The lowest BCUT2D eigenvalue weighted by molar-refractivity contribution is -0.129. The SMILES string of the molecule is N#Cc1cccc(NC(=O)[C@]23CCC(=O)N2c2ccccc2C(=O)N3Cc2ccccc2)c1. The summed E-state index contributed by atoms with van der Waals surface area (Å²) in [4.78, 5) is 43.7. The van der Waals surface area contributed by atoms with E-state index < -0.39 is 11.6 Å². The first kappa shape index (κ1) is 20.5. The van der Waals surface area contributed by atoms with Crippen LogP contribution < -0.4 is 10.2 Å². The molecule has 1 saturated heterocycles. The quantitative estimate of drug-likeness (QED) is 0.675. The van der Waals surface area contributed by atoms with Crippen molar-refractivity contribution in [2.75, 3.05) is 10.2 Å². The first-order valence-corrected chi connectivity index (χ1v) is 10.6. The van der Waals surface area contributed by atoms with E-state index in [1.54, 1.807) is 48.5 Å². The van der Waals surface area contributed by atoms with Gasteiger partial charge in [-0.05, 0) is 35.9 Å². The van der Waals surface area contributed by atoms with Crippen LogP contribution in [0.3, 0.4) is 0 Å². The Kier molecular flexibility index (Phi) is 4.91. The van der Waals surface area contributed by atoms with Crippen LogP contribution in [0.1, 0.15) is 34.3 Å². The number of nitriles is 1. The zero-order valence-corrected chi connectivity index (χ0v) is 17.7. The molecule has 1 fully saturated rings. The van der Waals surface area contributed by atoms with Crippen LogP contribution in [-0.4, -0.2) is 28.3 Å². The van der Waals surface area contributed by atoms with E-state index in [0.29, 0.717) is 22.5 Å². The van der Waals surface area contributed by atoms with E-state index in [-0.39, 0.29) is 31.2 Å². The lowest BCUT2D eigenvalue weighted by Gasteiger charge is -2.49. The lowest BCUT2D eigenvalue weighted by atomic mass is 9.94. The largest absolute Gasteiger partial charge is 0.322 e. The highest BCUT2D eigenvalue weighted by Crippen LogP contribution is 2.45. The molecular formula is C26H20N4O3. The Hall–Kier alpha value is -4.44. The highest BCUT2D eigenvalue weighted by Gasteiger charge is 2.60. The second-order valence-electron chi connectivity index (χ2n) is 8.09. The Morgan fingerprint density at radius 1 is 1.00 bits per heavy atom. The van der Waals surface area contributed by atoms with Crippen molar-refractivity contribution in [1.29, 1.82) is 5.26 Å². The van der Waals surface area contributed by atoms with Gasteiger partial charge in [0.15, 0.2) is 0 Å². The molecule has 3 amide bonds. The molecule has 162 valence electrons. The Balaban J connectivity index is 1.64. The molecule has 2 aliphatic heterocycles. The molecule has 3 aromatic rings. The summed E-state index contributed by atoms with van der Waals surface area (Å²) in [5, 5.41) is 12.1. The summed E-state index contributed by atoms with van der Waals surface area (Å²) in [6.45, 7) is 0.170. The molecule has 5 rings (SSSR count). The topological polar surface area (TPSA) is 93.5 Å². The number of benzene rings is 3. The van der Waals surface area contributed by atoms with Gasteiger partial charge in [0.2, 0.25) is 11.6 Å². The van der Waals surface area contributed by atoms with Crippen LogP contribution in [0.15, 0.2) is 78.9 Å². The number of hydrogen-bond acceptors (Lipinski definition) is 4. The molecule has 2 aliphatic rings. The number of rotatable bonds is 4. The van der Waals surface area contributed by atoms with Crippen LogP contribution in [0, 0.1) is 11.3 Å². The molecule has 33 heavy (non-hydrogen) atoms. The maximum Gasteiger partial charge on any atom is 0.271 e. The van der Waals surface area contributed by atoms with Crippen molar-refractivity contribution in [3.63, 3.8) is 0 Å². The Labute approximate surface area is 190 Å². The van der Waals surface area contributed by atoms with Gasteiger partial charge in [0, 0.05) is 25.1 Å². The van der Waals surface area contributed by atoms with Gasteiger partial charge in [0.1, 0.15) is 0 Å². The van der Waals surface area contributed by atoms with Crippen LogP contribution in [0.4, 0.5) is 11.4 Å². The predicted molar refractivity (Wildman–Crippen MR) is 122 cm³/mol. The fourth-order valence-corrected chi connectivity index (χ4v) is 4.67. The van der Waals surface area contributed by atoms with E-state index in [1.807, 2.05) is 30.3 Å². The molecule has 0 saturated carbocycles. The second-order valence-corrected chi connectivity index (χ2v) is 8.09. The highest BCUT2D eigenvalue weighted by atomic mass is 16.2. The molecule has 0 aromatic heterocycles. The van der Waals surface area contributed by atoms with Crippen LogP contribution in [0.25, 0.3) is 0 Å². The van der Waals surface area contributed by atoms with Gasteiger partial charge in [0.05, 0.1) is 22.9 Å². The van der Waals surface area contributed by atoms with E-state index >= 15 is 0 Å². The van der Waals surface area contributed by atoms with Crippen molar-refractivity contribution in [2.24, 2.45) is 0 Å². The molecule has 0 spiro atoms. The minimum Gasteiger partial charge on any atom is -0.322 e. The van der Waals surface area contributed by atoms with E-state index in [4.69, 9.17) is 0 Å². The second kappa shape index (κ2) is 7.92. The number of anilines is 2. The molecule has 7 nitrogen and oxygen atoms in total. The van der Waals surface area contributed by atoms with Crippen LogP contribution in [-0.2, 0) is 16.1 Å². The summed E-state index contributed by atoms with van der Waals surface area (Å²) in [5.41, 5.74) is 0.993. The number of para-hydroxylation sites is 1. The highest BCUT2D eigenvalue weighted by molar-refractivity contribution is 6.18. The molecule has 1 N–H and O–H groups in total. The molecule has 3 aromatic carbocycles. The summed E-state index contributed by atoms with van der Waals surface area (Å²) in [6, 6.07) is 24.9. The van der Waals surface area contributed by atoms with Crippen molar-refractivity contribution in [1.82, 2.24) is 4.90 Å². The molecule has 0 bridgehead atoms. The maximum atomic E-state index is 13.9. The molecule has 1 atom stereocenters. The van der Waals surface area contributed by atoms with Crippen molar-refractivity contribution < 1.29 is 14.4 Å². The standard InChI is InChI=1S/C26H20N4O3/c27-16-19-9-6-10-20(15-19)28-25(33)26-14-13-23(31)30(26)22-12-5-4-11-21(22)24(32)29(26)17-18-7-2-1-3-8-18/h1-12,15H,13-14,17H2,(H,28,33)/t26-/m0/s1. The summed E-state index contributed by atoms with van der Waals surface area (Å²) in [7, 11) is 0. The summed E-state index contributed by atoms with van der Waals surface area (Å²) in [5.74, 6) is -1.00. The fraction of sp³-hybridized carbons (Fsp3) is 0.154. The Morgan fingerprint density at radius 2 is 1.76 bits per heavy atom. The number of carbonyl (C=O) groups is 3. The average molecular weight is 436 g/mol. The van der Waals surface area contributed by atoms with Gasteiger partial charge in [-0.25, -0.2) is 0 Å². The third-order valence-corrected chi connectivity index (χ3v) is 6.17. The van der Waals surface area contributed by atoms with Crippen LogP contribution in [0.2, 0.25) is 0 Å². The number of nitrogens with one attached hydrogen (secondary N) is 1. The van der Waals surface area contributed by atoms with E-state index in [2.05, 4.69) is 11.4 Å². The zero-order valence-electron chi connectivity index (χ0n) is 17.7. The molecule has 7 heteroatoms. The summed E-state index contributed by atoms with van der Waals surface area (Å²) < 4.78 is 0. The van der Waals surface area contributed by atoms with E-state index in [0.717, 1.165) is 5.56 Å². The third-order valence-electron chi connectivity index (χ3n) is 6.17. The minimum absolute atomic E-state index is 0.137. The predicted octanol–water partition coefficient (Wildman–Crippen LogP) is 3.68. The number of carbonyl (C=O) groups excluding carboxylic acids is 3. The smallest absolute Gasteiger partial charge is 0.271 e. The van der Waals surface area contributed by atoms with E-state index in [9.17, 15) is 19.6 Å². The van der Waals surface area contributed by atoms with Gasteiger partial charge in [-0.15, -0.1) is 0 Å². The van der Waals surface area contributed by atoms with Gasteiger partial charge < -0.3 is 10.2 Å². The molecule has 0 aliphatic carbocycles. The molecule has 2 heterocycles. The van der Waals surface area contributed by atoms with Crippen molar-refractivity contribution in [3.05, 3.63) is 95.6 Å². The number of nitrogens with zero attached hydrogens (tertiary/aromatic N) is 3. The van der Waals surface area contributed by atoms with Gasteiger partial charge in [-0.3, -0.25) is 19.3 Å². The van der Waals surface area contributed by atoms with Gasteiger partial charge in [-0.2, -0.15) is 5.26 Å². The molecule has 0 radical (unpaired) electrons. The number of amides is 3. The van der Waals surface area contributed by atoms with Gasteiger partial charge in [-0.1, -0.05) is 48.5 Å². The fourth-order valence-electron chi connectivity index (χ4n) is 4.67. The number of fused-ring (bicyclic) bond motifs is 3. The van der Waals surface area contributed by atoms with Crippen LogP contribution in [0.5, 0.6) is 0 Å². The normalized spacial score (nSPS) is 19.0. The first-order chi connectivity index (χ1) is 16.0. The van der Waals surface area contributed by atoms with Gasteiger partial charge >= 0.3 is 0 Å². The number of hydrogen-bond donors (Lipinski definition) is 1. The first-order valence-electron chi connectivity index (χ1n) is 10.6. The molecule has 0 unspecified atom stereocenters. The van der Waals surface area contributed by atoms with Crippen molar-refractivity contribution in [3.8, 4) is 6.07 Å². The van der Waals surface area contributed by atoms with Crippen molar-refractivity contribution in [2.45, 2.75) is 25.0 Å². The Morgan fingerprint density at radius 3 is 2.55 bits per heavy atom. The zero-order chi connectivity index (χ0) is 23.0. The summed E-state index contributed by atoms with van der Waals surface area (Å²) in [6.07, 6.45) is 0.307. The maximum absolute atomic E-state index is 13.9. The Bertz CT molecular complexity index is 1310. The van der Waals surface area contributed by atoms with Crippen molar-refractivity contribution >= 4 is 29.1 Å². The average Bonchev–Trinajstić information content (AvgIpc) is 3.21. The third kappa shape index (κ3) is 3.24. The monoisotopic (exact) mass is 436 g/mol. The van der Waals surface area contributed by atoms with Crippen LogP contribution >= 0.6 is 0 Å². The minimum atomic E-state index is -1.51. The lowest BCUT2D eigenvalue weighted by Crippen LogP contribution is -2.69. The molecular weight excluding hydrogens is 416 g/mol.